The normalized spacial score (nSPS) is 17.1. The van der Waals surface area contributed by atoms with Gasteiger partial charge in [-0.3, -0.25) is 4.79 Å². The van der Waals surface area contributed by atoms with Crippen molar-refractivity contribution >= 4 is 33.6 Å². The molecule has 1 N–H and O–H groups in total. The Morgan fingerprint density at radius 2 is 2.28 bits per heavy atom. The first-order valence-corrected chi connectivity index (χ1v) is 7.86. The van der Waals surface area contributed by atoms with Crippen LogP contribution in [0.2, 0.25) is 0 Å². The number of hydrogen-bond donors (Lipinski definition) is 1. The molecule has 0 aliphatic heterocycles. The van der Waals surface area contributed by atoms with Crippen LogP contribution in [0.3, 0.4) is 0 Å². The summed E-state index contributed by atoms with van der Waals surface area (Å²) >= 11 is 5.07. The number of rotatable bonds is 4. The number of nitrogens with one attached hydrogen (secondary N) is 1. The lowest BCUT2D eigenvalue weighted by Crippen LogP contribution is -2.45. The molecule has 0 saturated heterocycles. The number of benzene rings is 1. The molecule has 0 radical (unpaired) electrons. The summed E-state index contributed by atoms with van der Waals surface area (Å²) in [5.41, 5.74) is 0.352. The van der Waals surface area contributed by atoms with Crippen molar-refractivity contribution < 1.29 is 9.18 Å². The van der Waals surface area contributed by atoms with Crippen molar-refractivity contribution in [1.82, 2.24) is 5.32 Å². The van der Waals surface area contributed by atoms with E-state index in [9.17, 15) is 9.18 Å². The highest BCUT2D eigenvalue weighted by atomic mass is 79.9. The SMILES string of the molecule is CSC1(CNC(=O)c2cc(F)ccc2Br)CCC1. The zero-order valence-corrected chi connectivity index (χ0v) is 12.5. The van der Waals surface area contributed by atoms with E-state index in [4.69, 9.17) is 0 Å². The maximum Gasteiger partial charge on any atom is 0.252 e. The molecule has 1 aliphatic carbocycles. The Bertz CT molecular complexity index is 457. The number of amides is 1. The van der Waals surface area contributed by atoms with E-state index in [1.807, 2.05) is 0 Å². The van der Waals surface area contributed by atoms with Crippen molar-refractivity contribution in [2.75, 3.05) is 12.8 Å². The van der Waals surface area contributed by atoms with Gasteiger partial charge in [-0.2, -0.15) is 11.8 Å². The minimum absolute atomic E-state index is 0.190. The minimum atomic E-state index is -0.397. The van der Waals surface area contributed by atoms with Crippen LogP contribution in [0.15, 0.2) is 22.7 Å². The first kappa shape index (κ1) is 13.9. The van der Waals surface area contributed by atoms with E-state index in [0.717, 1.165) is 12.8 Å². The molecule has 0 atom stereocenters. The van der Waals surface area contributed by atoms with Crippen LogP contribution in [0.5, 0.6) is 0 Å². The van der Waals surface area contributed by atoms with E-state index in [1.165, 1.54) is 18.6 Å². The van der Waals surface area contributed by atoms with Crippen molar-refractivity contribution in [3.63, 3.8) is 0 Å². The first-order valence-electron chi connectivity index (χ1n) is 5.85. The third-order valence-corrected chi connectivity index (χ3v) is 5.55. The van der Waals surface area contributed by atoms with Gasteiger partial charge in [-0.15, -0.1) is 0 Å². The van der Waals surface area contributed by atoms with Gasteiger partial charge in [0.05, 0.1) is 5.56 Å². The number of hydrogen-bond acceptors (Lipinski definition) is 2. The summed E-state index contributed by atoms with van der Waals surface area (Å²) < 4.78 is 13.9. The maximum absolute atomic E-state index is 13.1. The Morgan fingerprint density at radius 3 is 2.83 bits per heavy atom. The summed E-state index contributed by atoms with van der Waals surface area (Å²) in [4.78, 5) is 12.0. The highest BCUT2D eigenvalue weighted by Gasteiger charge is 2.36. The quantitative estimate of drug-likeness (QED) is 0.913. The molecule has 1 aromatic carbocycles. The lowest BCUT2D eigenvalue weighted by molar-refractivity contribution is 0.0942. The number of thioether (sulfide) groups is 1. The molecule has 98 valence electrons. The molecule has 1 aromatic rings. The monoisotopic (exact) mass is 331 g/mol. The molecule has 0 bridgehead atoms. The van der Waals surface area contributed by atoms with Crippen molar-refractivity contribution in [2.24, 2.45) is 0 Å². The summed E-state index contributed by atoms with van der Waals surface area (Å²) in [7, 11) is 0. The summed E-state index contributed by atoms with van der Waals surface area (Å²) in [6, 6.07) is 4.14. The Balaban J connectivity index is 2.01. The van der Waals surface area contributed by atoms with E-state index in [2.05, 4.69) is 27.5 Å². The standard InChI is InChI=1S/C13H15BrFNOS/c1-18-13(5-2-6-13)8-16-12(17)10-7-9(15)3-4-11(10)14/h3-4,7H,2,5-6,8H2,1H3,(H,16,17). The van der Waals surface area contributed by atoms with Crippen molar-refractivity contribution in [3.8, 4) is 0 Å². The molecule has 1 aliphatic rings. The fourth-order valence-corrected chi connectivity index (χ4v) is 3.37. The maximum atomic E-state index is 13.1. The molecule has 5 heteroatoms. The van der Waals surface area contributed by atoms with E-state index >= 15 is 0 Å². The van der Waals surface area contributed by atoms with Gasteiger partial charge in [-0.05, 0) is 53.2 Å². The predicted molar refractivity (Wildman–Crippen MR) is 76.5 cm³/mol. The fraction of sp³-hybridized carbons (Fsp3) is 0.462. The number of carbonyl (C=O) groups is 1. The molecule has 1 amide bonds. The fourth-order valence-electron chi connectivity index (χ4n) is 2.03. The largest absolute Gasteiger partial charge is 0.351 e. The third-order valence-electron chi connectivity index (χ3n) is 3.44. The van der Waals surface area contributed by atoms with Gasteiger partial charge in [0, 0.05) is 15.8 Å². The third kappa shape index (κ3) is 2.88. The Kier molecular flexibility index (Phi) is 4.33. The smallest absolute Gasteiger partial charge is 0.252 e. The van der Waals surface area contributed by atoms with Crippen LogP contribution >= 0.6 is 27.7 Å². The molecule has 1 saturated carbocycles. The minimum Gasteiger partial charge on any atom is -0.351 e. The van der Waals surface area contributed by atoms with Crippen LogP contribution in [0.1, 0.15) is 29.6 Å². The van der Waals surface area contributed by atoms with Gasteiger partial charge < -0.3 is 5.32 Å². The Morgan fingerprint density at radius 1 is 1.56 bits per heavy atom. The lowest BCUT2D eigenvalue weighted by Gasteiger charge is -2.40. The van der Waals surface area contributed by atoms with Crippen molar-refractivity contribution in [1.29, 1.82) is 0 Å². The van der Waals surface area contributed by atoms with Crippen molar-refractivity contribution in [3.05, 3.63) is 34.1 Å². The Labute approximate surface area is 119 Å². The molecule has 18 heavy (non-hydrogen) atoms. The van der Waals surface area contributed by atoms with Crippen LogP contribution in [-0.4, -0.2) is 23.5 Å². The van der Waals surface area contributed by atoms with E-state index in [0.29, 0.717) is 16.6 Å². The molecular formula is C13H15BrFNOS. The second kappa shape index (κ2) is 5.61. The molecule has 0 unspecified atom stereocenters. The summed E-state index contributed by atoms with van der Waals surface area (Å²) in [5.74, 6) is -0.617. The van der Waals surface area contributed by atoms with Gasteiger partial charge in [0.25, 0.3) is 5.91 Å². The van der Waals surface area contributed by atoms with Crippen LogP contribution in [0.25, 0.3) is 0 Å². The van der Waals surface area contributed by atoms with E-state index in [-0.39, 0.29) is 10.7 Å². The lowest BCUT2D eigenvalue weighted by atomic mass is 9.84. The predicted octanol–water partition coefficient (Wildman–Crippen LogP) is 3.60. The van der Waals surface area contributed by atoms with E-state index in [1.54, 1.807) is 17.8 Å². The average Bonchev–Trinajstić information content (AvgIpc) is 2.31. The highest BCUT2D eigenvalue weighted by Crippen LogP contribution is 2.42. The van der Waals surface area contributed by atoms with Crippen molar-refractivity contribution in [2.45, 2.75) is 24.0 Å². The van der Waals surface area contributed by atoms with Gasteiger partial charge in [0.1, 0.15) is 5.82 Å². The van der Waals surface area contributed by atoms with Gasteiger partial charge >= 0.3 is 0 Å². The van der Waals surface area contributed by atoms with Gasteiger partial charge in [0.15, 0.2) is 0 Å². The average molecular weight is 332 g/mol. The molecule has 2 rings (SSSR count). The molecule has 0 spiro atoms. The summed E-state index contributed by atoms with van der Waals surface area (Å²) in [6.45, 7) is 0.649. The van der Waals surface area contributed by atoms with Crippen LogP contribution in [0.4, 0.5) is 4.39 Å². The summed E-state index contributed by atoms with van der Waals surface area (Å²) in [6.07, 6.45) is 5.57. The second-order valence-corrected chi connectivity index (χ2v) is 6.68. The molecule has 2 nitrogen and oxygen atoms in total. The van der Waals surface area contributed by atoms with Crippen LogP contribution in [-0.2, 0) is 0 Å². The zero-order chi connectivity index (χ0) is 13.2. The van der Waals surface area contributed by atoms with Crippen LogP contribution in [0, 0.1) is 5.82 Å². The molecule has 0 aromatic heterocycles. The summed E-state index contributed by atoms with van der Waals surface area (Å²) in [5, 5.41) is 2.90. The topological polar surface area (TPSA) is 29.1 Å². The number of carbonyl (C=O) groups excluding carboxylic acids is 1. The molecule has 1 fully saturated rings. The van der Waals surface area contributed by atoms with Gasteiger partial charge in [-0.25, -0.2) is 4.39 Å². The van der Waals surface area contributed by atoms with Crippen LogP contribution < -0.4 is 5.32 Å². The van der Waals surface area contributed by atoms with E-state index < -0.39 is 5.82 Å². The van der Waals surface area contributed by atoms with Gasteiger partial charge in [0.2, 0.25) is 0 Å². The molecular weight excluding hydrogens is 317 g/mol. The number of halogens is 2. The first-order chi connectivity index (χ1) is 8.56. The second-order valence-electron chi connectivity index (χ2n) is 4.55. The van der Waals surface area contributed by atoms with Gasteiger partial charge in [-0.1, -0.05) is 6.42 Å². The zero-order valence-electron chi connectivity index (χ0n) is 10.1. The molecule has 0 heterocycles. The Hall–Kier alpha value is -0.550. The highest BCUT2D eigenvalue weighted by molar-refractivity contribution is 9.10.